The van der Waals surface area contributed by atoms with E-state index in [1.807, 2.05) is 47.8 Å². The first-order valence-corrected chi connectivity index (χ1v) is 12.6. The van der Waals surface area contributed by atoms with Gasteiger partial charge in [-0.3, -0.25) is 4.79 Å². The smallest absolute Gasteiger partial charge is 0.321 e. The summed E-state index contributed by atoms with van der Waals surface area (Å²) in [6.45, 7) is 2.04. The molecule has 8 heteroatoms. The second-order valence-electron chi connectivity index (χ2n) is 7.49. The molecule has 0 aliphatic carbocycles. The highest BCUT2D eigenvalue weighted by Gasteiger charge is 2.25. The van der Waals surface area contributed by atoms with Crippen molar-refractivity contribution in [3.8, 4) is 5.75 Å². The second kappa shape index (κ2) is 10.3. The standard InChI is InChI=1S/C23H27N3O3S2/c1-29-20-8-3-5-17(16-20)21(27)25-9-11-26(12-10-25)23(28)24-19-7-2-6-18(15-19)22-30-13-4-14-31-22/h2-3,5-8,15-16,22H,4,9-14H2,1H3,(H,24,28). The van der Waals surface area contributed by atoms with Crippen molar-refractivity contribution < 1.29 is 14.3 Å². The number of thioether (sulfide) groups is 2. The van der Waals surface area contributed by atoms with Gasteiger partial charge in [-0.05, 0) is 53.8 Å². The number of ether oxygens (including phenoxy) is 1. The average Bonchev–Trinajstić information content (AvgIpc) is 2.84. The first-order chi connectivity index (χ1) is 15.1. The Labute approximate surface area is 191 Å². The van der Waals surface area contributed by atoms with Crippen LogP contribution in [-0.2, 0) is 0 Å². The summed E-state index contributed by atoms with van der Waals surface area (Å²) in [5, 5.41) is 3.03. The fourth-order valence-corrected chi connectivity index (χ4v) is 6.57. The second-order valence-corrected chi connectivity index (χ2v) is 10.2. The van der Waals surface area contributed by atoms with Crippen LogP contribution < -0.4 is 10.1 Å². The van der Waals surface area contributed by atoms with Crippen LogP contribution in [0.15, 0.2) is 48.5 Å². The Kier molecular flexibility index (Phi) is 7.29. The van der Waals surface area contributed by atoms with Gasteiger partial charge in [-0.2, -0.15) is 0 Å². The van der Waals surface area contributed by atoms with Crippen LogP contribution in [-0.4, -0.2) is 66.5 Å². The molecular weight excluding hydrogens is 430 g/mol. The van der Waals surface area contributed by atoms with Gasteiger partial charge in [0.1, 0.15) is 5.75 Å². The summed E-state index contributed by atoms with van der Waals surface area (Å²) in [7, 11) is 1.59. The lowest BCUT2D eigenvalue weighted by Crippen LogP contribution is -2.51. The topological polar surface area (TPSA) is 61.9 Å². The van der Waals surface area contributed by atoms with Crippen molar-refractivity contribution in [2.75, 3.05) is 50.1 Å². The third-order valence-corrected chi connectivity index (χ3v) is 8.42. The zero-order valence-electron chi connectivity index (χ0n) is 17.6. The Morgan fingerprint density at radius 3 is 2.42 bits per heavy atom. The molecule has 4 rings (SSSR count). The van der Waals surface area contributed by atoms with E-state index in [1.54, 1.807) is 29.0 Å². The first kappa shape index (κ1) is 21.9. The maximum atomic E-state index is 12.8. The molecule has 0 unspecified atom stereocenters. The van der Waals surface area contributed by atoms with Crippen molar-refractivity contribution >= 4 is 41.1 Å². The molecule has 0 bridgehead atoms. The molecule has 2 aliphatic rings. The highest BCUT2D eigenvalue weighted by atomic mass is 32.2. The van der Waals surface area contributed by atoms with Crippen LogP contribution in [0.4, 0.5) is 10.5 Å². The van der Waals surface area contributed by atoms with E-state index in [1.165, 1.54) is 23.5 Å². The lowest BCUT2D eigenvalue weighted by Gasteiger charge is -2.34. The van der Waals surface area contributed by atoms with E-state index in [0.29, 0.717) is 42.1 Å². The van der Waals surface area contributed by atoms with Gasteiger partial charge in [-0.1, -0.05) is 18.2 Å². The predicted molar refractivity (Wildman–Crippen MR) is 128 cm³/mol. The molecule has 0 aromatic heterocycles. The third kappa shape index (κ3) is 5.49. The summed E-state index contributed by atoms with van der Waals surface area (Å²) in [4.78, 5) is 29.1. The fraction of sp³-hybridized carbons (Fsp3) is 0.391. The van der Waals surface area contributed by atoms with Crippen LogP contribution in [0.1, 0.15) is 26.9 Å². The molecule has 0 atom stereocenters. The van der Waals surface area contributed by atoms with E-state index < -0.39 is 0 Å². The molecule has 2 saturated heterocycles. The van der Waals surface area contributed by atoms with Crippen molar-refractivity contribution in [2.45, 2.75) is 11.0 Å². The molecular formula is C23H27N3O3S2. The SMILES string of the molecule is COc1cccc(C(=O)N2CCN(C(=O)Nc3cccc(C4SCCCS4)c3)CC2)c1. The molecule has 164 valence electrons. The normalized spacial score (nSPS) is 17.3. The van der Waals surface area contributed by atoms with Crippen LogP contribution in [0.25, 0.3) is 0 Å². The number of carbonyl (C=O) groups is 2. The number of rotatable bonds is 4. The highest BCUT2D eigenvalue weighted by Crippen LogP contribution is 2.44. The fourth-order valence-electron chi connectivity index (χ4n) is 3.70. The summed E-state index contributed by atoms with van der Waals surface area (Å²) < 4.78 is 5.65. The van der Waals surface area contributed by atoms with Gasteiger partial charge < -0.3 is 19.9 Å². The predicted octanol–water partition coefficient (Wildman–Crippen LogP) is 4.55. The number of piperazine rings is 1. The minimum Gasteiger partial charge on any atom is -0.497 e. The lowest BCUT2D eigenvalue weighted by atomic mass is 10.1. The summed E-state index contributed by atoms with van der Waals surface area (Å²) in [6, 6.07) is 15.2. The van der Waals surface area contributed by atoms with Gasteiger partial charge in [0.05, 0.1) is 11.7 Å². The summed E-state index contributed by atoms with van der Waals surface area (Å²) in [5.74, 6) is 3.00. The Morgan fingerprint density at radius 1 is 0.968 bits per heavy atom. The van der Waals surface area contributed by atoms with E-state index >= 15 is 0 Å². The maximum absolute atomic E-state index is 12.8. The van der Waals surface area contributed by atoms with Crippen molar-refractivity contribution in [3.63, 3.8) is 0 Å². The Balaban J connectivity index is 1.31. The minimum atomic E-state index is -0.116. The number of hydrogen-bond acceptors (Lipinski definition) is 5. The van der Waals surface area contributed by atoms with Gasteiger partial charge in [0.25, 0.3) is 5.91 Å². The largest absolute Gasteiger partial charge is 0.497 e. The van der Waals surface area contributed by atoms with Gasteiger partial charge in [-0.15, -0.1) is 23.5 Å². The highest BCUT2D eigenvalue weighted by molar-refractivity contribution is 8.16. The van der Waals surface area contributed by atoms with Crippen LogP contribution >= 0.6 is 23.5 Å². The zero-order chi connectivity index (χ0) is 21.6. The number of amides is 3. The molecule has 2 aromatic carbocycles. The number of carbonyl (C=O) groups excluding carboxylic acids is 2. The number of nitrogens with one attached hydrogen (secondary N) is 1. The van der Waals surface area contributed by atoms with Crippen LogP contribution in [0.5, 0.6) is 5.75 Å². The number of anilines is 1. The third-order valence-electron chi connectivity index (χ3n) is 5.41. The molecule has 2 fully saturated rings. The number of hydrogen-bond donors (Lipinski definition) is 1. The number of methoxy groups -OCH3 is 1. The van der Waals surface area contributed by atoms with E-state index in [-0.39, 0.29) is 11.9 Å². The molecule has 1 N–H and O–H groups in total. The Morgan fingerprint density at radius 2 is 1.68 bits per heavy atom. The molecule has 6 nitrogen and oxygen atoms in total. The van der Waals surface area contributed by atoms with Crippen molar-refractivity contribution in [1.82, 2.24) is 9.80 Å². The van der Waals surface area contributed by atoms with E-state index in [0.717, 1.165) is 5.69 Å². The number of nitrogens with zero attached hydrogens (tertiary/aromatic N) is 2. The molecule has 3 amide bonds. The molecule has 0 saturated carbocycles. The van der Waals surface area contributed by atoms with Crippen LogP contribution in [0, 0.1) is 0 Å². The monoisotopic (exact) mass is 457 g/mol. The van der Waals surface area contributed by atoms with Crippen molar-refractivity contribution in [2.24, 2.45) is 0 Å². The zero-order valence-corrected chi connectivity index (χ0v) is 19.2. The van der Waals surface area contributed by atoms with Gasteiger partial charge in [-0.25, -0.2) is 4.79 Å². The van der Waals surface area contributed by atoms with Gasteiger partial charge in [0.15, 0.2) is 0 Å². The first-order valence-electron chi connectivity index (χ1n) is 10.5. The van der Waals surface area contributed by atoms with Gasteiger partial charge >= 0.3 is 6.03 Å². The Hall–Kier alpha value is -2.32. The lowest BCUT2D eigenvalue weighted by molar-refractivity contribution is 0.0671. The summed E-state index contributed by atoms with van der Waals surface area (Å²) >= 11 is 3.94. The van der Waals surface area contributed by atoms with Crippen LogP contribution in [0.3, 0.4) is 0 Å². The van der Waals surface area contributed by atoms with Crippen molar-refractivity contribution in [3.05, 3.63) is 59.7 Å². The van der Waals surface area contributed by atoms with E-state index in [2.05, 4.69) is 17.4 Å². The maximum Gasteiger partial charge on any atom is 0.321 e. The van der Waals surface area contributed by atoms with E-state index in [9.17, 15) is 9.59 Å². The van der Waals surface area contributed by atoms with Crippen molar-refractivity contribution in [1.29, 1.82) is 0 Å². The molecule has 31 heavy (non-hydrogen) atoms. The Bertz CT molecular complexity index is 926. The minimum absolute atomic E-state index is 0.0332. The number of benzene rings is 2. The molecule has 2 aliphatic heterocycles. The summed E-state index contributed by atoms with van der Waals surface area (Å²) in [6.07, 6.45) is 1.26. The molecule has 0 spiro atoms. The quantitative estimate of drug-likeness (QED) is 0.730. The molecule has 2 aromatic rings. The summed E-state index contributed by atoms with van der Waals surface area (Å²) in [5.41, 5.74) is 2.68. The molecule has 0 radical (unpaired) electrons. The van der Waals surface area contributed by atoms with Gasteiger partial charge in [0, 0.05) is 37.4 Å². The van der Waals surface area contributed by atoms with E-state index in [4.69, 9.17) is 4.74 Å². The van der Waals surface area contributed by atoms with Gasteiger partial charge in [0.2, 0.25) is 0 Å². The van der Waals surface area contributed by atoms with Crippen LogP contribution in [0.2, 0.25) is 0 Å². The molecule has 2 heterocycles. The number of urea groups is 1. The average molecular weight is 458 g/mol.